The van der Waals surface area contributed by atoms with Gasteiger partial charge in [0.2, 0.25) is 0 Å². The van der Waals surface area contributed by atoms with Crippen LogP contribution in [0.3, 0.4) is 0 Å². The van der Waals surface area contributed by atoms with Crippen molar-refractivity contribution in [3.8, 4) is 0 Å². The van der Waals surface area contributed by atoms with Gasteiger partial charge in [0, 0.05) is 24.5 Å². The molecule has 0 radical (unpaired) electrons. The molecule has 3 heteroatoms. The van der Waals surface area contributed by atoms with E-state index in [0.29, 0.717) is 0 Å². The van der Waals surface area contributed by atoms with E-state index in [4.69, 9.17) is 0 Å². The maximum atomic E-state index is 4.03. The number of aromatic amines is 1. The maximum absolute atomic E-state index is 4.03. The fourth-order valence-electron chi connectivity index (χ4n) is 4.16. The number of nitrogens with one attached hydrogen (secondary N) is 2. The number of rotatable bonds is 4. The molecule has 3 rings (SSSR count). The minimum atomic E-state index is 0.736. The van der Waals surface area contributed by atoms with E-state index in [2.05, 4.69) is 21.6 Å². The molecule has 2 saturated carbocycles. The highest BCUT2D eigenvalue weighted by Gasteiger charge is 2.32. The van der Waals surface area contributed by atoms with Gasteiger partial charge in [0.15, 0.2) is 0 Å². The largest absolute Gasteiger partial charge is 0.308 e. The first-order chi connectivity index (χ1) is 9.43. The van der Waals surface area contributed by atoms with Crippen LogP contribution in [0.25, 0.3) is 0 Å². The highest BCUT2D eigenvalue weighted by Crippen LogP contribution is 2.38. The predicted molar refractivity (Wildman–Crippen MR) is 77.7 cm³/mol. The average Bonchev–Trinajstić information content (AvgIpc) is 3.00. The summed E-state index contributed by atoms with van der Waals surface area (Å²) in [5, 5.41) is 10.9. The highest BCUT2D eigenvalue weighted by molar-refractivity contribution is 4.98. The Morgan fingerprint density at radius 3 is 2.63 bits per heavy atom. The van der Waals surface area contributed by atoms with Gasteiger partial charge < -0.3 is 5.32 Å². The van der Waals surface area contributed by atoms with Crippen molar-refractivity contribution in [2.75, 3.05) is 0 Å². The minimum Gasteiger partial charge on any atom is -0.308 e. The minimum absolute atomic E-state index is 0.736. The normalized spacial score (nSPS) is 29.5. The third-order valence-electron chi connectivity index (χ3n) is 5.19. The zero-order valence-corrected chi connectivity index (χ0v) is 11.9. The smallest absolute Gasteiger partial charge is 0.0490 e. The molecular formula is C16H27N3. The topological polar surface area (TPSA) is 40.7 Å². The lowest BCUT2D eigenvalue weighted by Crippen LogP contribution is -2.42. The molecule has 3 nitrogen and oxygen atoms in total. The van der Waals surface area contributed by atoms with E-state index in [-0.39, 0.29) is 0 Å². The first kappa shape index (κ1) is 13.2. The number of nitrogens with zero attached hydrogens (tertiary/aromatic N) is 1. The van der Waals surface area contributed by atoms with Gasteiger partial charge >= 0.3 is 0 Å². The third-order valence-corrected chi connectivity index (χ3v) is 5.19. The first-order valence-corrected chi connectivity index (χ1v) is 8.15. The predicted octanol–water partition coefficient (Wildman–Crippen LogP) is 3.64. The summed E-state index contributed by atoms with van der Waals surface area (Å²) in [7, 11) is 0. The summed E-state index contributed by atoms with van der Waals surface area (Å²) in [6, 6.07) is 2.81. The van der Waals surface area contributed by atoms with Gasteiger partial charge in [-0.1, -0.05) is 44.9 Å². The van der Waals surface area contributed by atoms with Crippen LogP contribution in [0.4, 0.5) is 0 Å². The van der Waals surface area contributed by atoms with E-state index in [1.54, 1.807) is 0 Å². The first-order valence-electron chi connectivity index (χ1n) is 8.15. The second-order valence-corrected chi connectivity index (χ2v) is 6.42. The van der Waals surface area contributed by atoms with Crippen LogP contribution in [0.5, 0.6) is 0 Å². The Bertz CT molecular complexity index is 354. The molecule has 0 amide bonds. The van der Waals surface area contributed by atoms with Crippen LogP contribution in [0.15, 0.2) is 12.3 Å². The molecule has 106 valence electrons. The lowest BCUT2D eigenvalue weighted by atomic mass is 9.71. The fourth-order valence-corrected chi connectivity index (χ4v) is 4.16. The molecule has 2 N–H and O–H groups in total. The summed E-state index contributed by atoms with van der Waals surface area (Å²) in [5.74, 6) is 1.92. The standard InChI is InChI=1S/C16H27N3/c1-2-6-13(7-3-1)15-8-4-5-9-16(15)17-12-14-10-11-18-19-14/h10-11,13,15-17H,1-9,12H2,(H,18,19). The Morgan fingerprint density at radius 2 is 1.84 bits per heavy atom. The molecule has 2 unspecified atom stereocenters. The van der Waals surface area contributed by atoms with Crippen LogP contribution < -0.4 is 5.32 Å². The van der Waals surface area contributed by atoms with E-state index in [0.717, 1.165) is 24.4 Å². The van der Waals surface area contributed by atoms with Crippen LogP contribution in [0, 0.1) is 11.8 Å². The Hall–Kier alpha value is -0.830. The van der Waals surface area contributed by atoms with Gasteiger partial charge in [-0.2, -0.15) is 5.10 Å². The van der Waals surface area contributed by atoms with Gasteiger partial charge in [-0.3, -0.25) is 5.10 Å². The van der Waals surface area contributed by atoms with Crippen LogP contribution in [-0.2, 0) is 6.54 Å². The molecule has 0 aliphatic heterocycles. The van der Waals surface area contributed by atoms with Crippen LogP contribution >= 0.6 is 0 Å². The van der Waals surface area contributed by atoms with Crippen molar-refractivity contribution in [1.82, 2.24) is 15.5 Å². The molecule has 2 aliphatic carbocycles. The highest BCUT2D eigenvalue weighted by atomic mass is 15.1. The zero-order valence-electron chi connectivity index (χ0n) is 11.9. The Labute approximate surface area is 116 Å². The van der Waals surface area contributed by atoms with Gasteiger partial charge in [-0.25, -0.2) is 0 Å². The number of hydrogen-bond donors (Lipinski definition) is 2. The molecule has 1 heterocycles. The van der Waals surface area contributed by atoms with E-state index >= 15 is 0 Å². The van der Waals surface area contributed by atoms with Crippen molar-refractivity contribution in [1.29, 1.82) is 0 Å². The third kappa shape index (κ3) is 3.38. The second kappa shape index (κ2) is 6.56. The van der Waals surface area contributed by atoms with Crippen molar-refractivity contribution >= 4 is 0 Å². The summed E-state index contributed by atoms with van der Waals surface area (Å²) >= 11 is 0. The quantitative estimate of drug-likeness (QED) is 0.868. The van der Waals surface area contributed by atoms with Crippen LogP contribution in [-0.4, -0.2) is 16.2 Å². The fraction of sp³-hybridized carbons (Fsp3) is 0.812. The molecule has 2 aliphatic rings. The van der Waals surface area contributed by atoms with Crippen LogP contribution in [0.2, 0.25) is 0 Å². The van der Waals surface area contributed by atoms with Crippen molar-refractivity contribution < 1.29 is 0 Å². The molecule has 2 fully saturated rings. The van der Waals surface area contributed by atoms with Crippen LogP contribution in [0.1, 0.15) is 63.5 Å². The monoisotopic (exact) mass is 261 g/mol. The lowest BCUT2D eigenvalue weighted by Gasteiger charge is -2.39. The van der Waals surface area contributed by atoms with Crippen molar-refractivity contribution in [2.45, 2.75) is 70.4 Å². The summed E-state index contributed by atoms with van der Waals surface area (Å²) < 4.78 is 0. The molecule has 1 aromatic rings. The molecular weight excluding hydrogens is 234 g/mol. The Kier molecular flexibility index (Phi) is 4.54. The van der Waals surface area contributed by atoms with Gasteiger partial charge in [0.05, 0.1) is 0 Å². The summed E-state index contributed by atoms with van der Waals surface area (Å²) in [6.07, 6.45) is 14.9. The van der Waals surface area contributed by atoms with Gasteiger partial charge in [-0.15, -0.1) is 0 Å². The van der Waals surface area contributed by atoms with Gasteiger partial charge in [0.1, 0.15) is 0 Å². The molecule has 2 atom stereocenters. The van der Waals surface area contributed by atoms with E-state index in [9.17, 15) is 0 Å². The summed E-state index contributed by atoms with van der Waals surface area (Å²) in [6.45, 7) is 0.952. The van der Waals surface area contributed by atoms with E-state index in [1.807, 2.05) is 6.20 Å². The molecule has 0 bridgehead atoms. The number of hydrogen-bond acceptors (Lipinski definition) is 2. The molecule has 1 aromatic heterocycles. The average molecular weight is 261 g/mol. The second-order valence-electron chi connectivity index (χ2n) is 6.42. The molecule has 19 heavy (non-hydrogen) atoms. The Balaban J connectivity index is 1.56. The van der Waals surface area contributed by atoms with Crippen molar-refractivity contribution in [3.05, 3.63) is 18.0 Å². The van der Waals surface area contributed by atoms with E-state index < -0.39 is 0 Å². The Morgan fingerprint density at radius 1 is 1.05 bits per heavy atom. The number of H-pyrrole nitrogens is 1. The molecule has 0 saturated heterocycles. The maximum Gasteiger partial charge on any atom is 0.0490 e. The number of aromatic nitrogens is 2. The van der Waals surface area contributed by atoms with Crippen molar-refractivity contribution in [2.24, 2.45) is 11.8 Å². The van der Waals surface area contributed by atoms with E-state index in [1.165, 1.54) is 63.5 Å². The van der Waals surface area contributed by atoms with Gasteiger partial charge in [-0.05, 0) is 30.7 Å². The van der Waals surface area contributed by atoms with Gasteiger partial charge in [0.25, 0.3) is 0 Å². The summed E-state index contributed by atoms with van der Waals surface area (Å²) in [5.41, 5.74) is 1.22. The molecule has 0 aromatic carbocycles. The molecule has 0 spiro atoms. The zero-order chi connectivity index (χ0) is 12.9. The SMILES string of the molecule is c1cc(CNC2CCCCC2C2CCCCC2)[nH]n1. The van der Waals surface area contributed by atoms with Crippen molar-refractivity contribution in [3.63, 3.8) is 0 Å². The summed E-state index contributed by atoms with van der Waals surface area (Å²) in [4.78, 5) is 0. The lowest BCUT2D eigenvalue weighted by molar-refractivity contribution is 0.149.